The summed E-state index contributed by atoms with van der Waals surface area (Å²) in [6, 6.07) is 29.2. The quantitative estimate of drug-likeness (QED) is 0.155. The van der Waals surface area contributed by atoms with Gasteiger partial charge in [0.25, 0.3) is 10.0 Å². The van der Waals surface area contributed by atoms with E-state index in [1.54, 1.807) is 60.7 Å². The van der Waals surface area contributed by atoms with E-state index >= 15 is 0 Å². The molecule has 0 saturated heterocycles. The number of unbranched alkanes of at least 4 members (excludes halogenated alkanes) is 1. The van der Waals surface area contributed by atoms with Crippen LogP contribution < -0.4 is 9.62 Å². The molecule has 0 saturated carbocycles. The average molecular weight is 646 g/mol. The number of hydrogen-bond acceptors (Lipinski definition) is 4. The van der Waals surface area contributed by atoms with Gasteiger partial charge >= 0.3 is 0 Å². The first-order chi connectivity index (χ1) is 21.6. The highest BCUT2D eigenvalue weighted by Gasteiger charge is 2.34. The maximum Gasteiger partial charge on any atom is 0.264 e. The Balaban J connectivity index is 1.78. The summed E-state index contributed by atoms with van der Waals surface area (Å²) in [4.78, 5) is 29.8. The number of aryl methyl sites for hydroxylation is 2. The Morgan fingerprint density at radius 1 is 0.800 bits per heavy atom. The average Bonchev–Trinajstić information content (AvgIpc) is 3.03. The summed E-state index contributed by atoms with van der Waals surface area (Å²) in [5.74, 6) is -0.800. The zero-order valence-corrected chi connectivity index (χ0v) is 27.5. The Morgan fingerprint density at radius 3 is 2.00 bits per heavy atom. The molecule has 236 valence electrons. The molecule has 0 aliphatic rings. The van der Waals surface area contributed by atoms with Crippen LogP contribution in [0.5, 0.6) is 0 Å². The van der Waals surface area contributed by atoms with Crippen molar-refractivity contribution in [2.75, 3.05) is 17.4 Å². The Labute approximate surface area is 271 Å². The van der Waals surface area contributed by atoms with Crippen LogP contribution in [0, 0.1) is 13.8 Å². The molecule has 4 aromatic rings. The Hall–Kier alpha value is -4.14. The van der Waals surface area contributed by atoms with Gasteiger partial charge in [0, 0.05) is 24.5 Å². The van der Waals surface area contributed by atoms with E-state index in [9.17, 15) is 18.0 Å². The molecule has 0 aromatic heterocycles. The molecule has 0 heterocycles. The third-order valence-corrected chi connectivity index (χ3v) is 9.62. The Kier molecular flexibility index (Phi) is 11.8. The SMILES string of the molecule is CCCCNC(=O)[C@H](Cc1ccccc1)N(Cc1ccc(Cl)cc1)C(=O)CN(c1ccc(C)cc1)S(=O)(=O)c1ccc(C)cc1. The van der Waals surface area contributed by atoms with Gasteiger partial charge in [0.05, 0.1) is 10.6 Å². The fraction of sp³-hybridized carbons (Fsp3) is 0.278. The van der Waals surface area contributed by atoms with E-state index in [0.717, 1.165) is 39.4 Å². The van der Waals surface area contributed by atoms with Gasteiger partial charge in [-0.3, -0.25) is 13.9 Å². The van der Waals surface area contributed by atoms with Crippen molar-refractivity contribution >= 4 is 39.1 Å². The number of hydrogen-bond donors (Lipinski definition) is 1. The maximum absolute atomic E-state index is 14.5. The number of anilines is 1. The van der Waals surface area contributed by atoms with E-state index < -0.39 is 28.5 Å². The molecule has 4 rings (SSSR count). The number of benzene rings is 4. The number of nitrogens with zero attached hydrogens (tertiary/aromatic N) is 2. The van der Waals surface area contributed by atoms with E-state index in [1.807, 2.05) is 63.2 Å². The molecule has 0 aliphatic heterocycles. The summed E-state index contributed by atoms with van der Waals surface area (Å²) in [5.41, 5.74) is 3.86. The molecule has 0 unspecified atom stereocenters. The van der Waals surface area contributed by atoms with E-state index in [2.05, 4.69) is 5.32 Å². The van der Waals surface area contributed by atoms with Crippen molar-refractivity contribution in [1.29, 1.82) is 0 Å². The topological polar surface area (TPSA) is 86.8 Å². The molecular formula is C36H40ClN3O4S. The second-order valence-electron chi connectivity index (χ2n) is 11.2. The van der Waals surface area contributed by atoms with Gasteiger partial charge in [0.15, 0.2) is 0 Å². The Bertz CT molecular complexity index is 1660. The maximum atomic E-state index is 14.5. The predicted molar refractivity (Wildman–Crippen MR) is 181 cm³/mol. The standard InChI is InChI=1S/C36H40ClN3O4S/c1-4-5-23-38-36(42)34(24-29-9-7-6-8-10-29)39(25-30-15-17-31(37)18-16-30)35(41)26-40(32-19-11-27(2)12-20-32)45(43,44)33-21-13-28(3)14-22-33/h6-22,34H,4-5,23-26H2,1-3H3,(H,38,42)/t34-/m0/s1. The number of amides is 2. The molecule has 4 aromatic carbocycles. The van der Waals surface area contributed by atoms with Crippen LogP contribution in [0.3, 0.4) is 0 Å². The van der Waals surface area contributed by atoms with Crippen molar-refractivity contribution < 1.29 is 18.0 Å². The van der Waals surface area contributed by atoms with Gasteiger partial charge in [-0.25, -0.2) is 8.42 Å². The summed E-state index contributed by atoms with van der Waals surface area (Å²) in [7, 11) is -4.15. The Morgan fingerprint density at radius 2 is 1.40 bits per heavy atom. The van der Waals surface area contributed by atoms with Gasteiger partial charge in [-0.15, -0.1) is 0 Å². The van der Waals surface area contributed by atoms with Crippen LogP contribution in [0.4, 0.5) is 5.69 Å². The van der Waals surface area contributed by atoms with Crippen LogP contribution in [-0.2, 0) is 32.6 Å². The van der Waals surface area contributed by atoms with Crippen molar-refractivity contribution in [3.8, 4) is 0 Å². The fourth-order valence-corrected chi connectivity index (χ4v) is 6.46. The van der Waals surface area contributed by atoms with Gasteiger partial charge in [-0.1, -0.05) is 103 Å². The molecule has 0 aliphatic carbocycles. The molecule has 0 radical (unpaired) electrons. The minimum Gasteiger partial charge on any atom is -0.354 e. The van der Waals surface area contributed by atoms with Crippen LogP contribution in [0.2, 0.25) is 5.02 Å². The number of rotatable bonds is 14. The van der Waals surface area contributed by atoms with Crippen LogP contribution in [-0.4, -0.2) is 44.3 Å². The van der Waals surface area contributed by atoms with E-state index in [0.29, 0.717) is 17.3 Å². The number of carbonyl (C=O) groups is 2. The first kappa shape index (κ1) is 33.7. The molecule has 0 fully saturated rings. The lowest BCUT2D eigenvalue weighted by atomic mass is 10.0. The molecule has 9 heteroatoms. The first-order valence-electron chi connectivity index (χ1n) is 15.1. The smallest absolute Gasteiger partial charge is 0.264 e. The third-order valence-electron chi connectivity index (χ3n) is 7.58. The van der Waals surface area contributed by atoms with Gasteiger partial charge in [0.1, 0.15) is 12.6 Å². The van der Waals surface area contributed by atoms with Crippen LogP contribution in [0.25, 0.3) is 0 Å². The van der Waals surface area contributed by atoms with Crippen molar-refractivity contribution in [3.63, 3.8) is 0 Å². The number of sulfonamides is 1. The largest absolute Gasteiger partial charge is 0.354 e. The predicted octanol–water partition coefficient (Wildman–Crippen LogP) is 6.71. The number of halogens is 1. The highest BCUT2D eigenvalue weighted by molar-refractivity contribution is 7.92. The van der Waals surface area contributed by atoms with Crippen molar-refractivity contribution in [3.05, 3.63) is 130 Å². The van der Waals surface area contributed by atoms with Gasteiger partial charge in [-0.2, -0.15) is 0 Å². The molecule has 0 spiro atoms. The molecule has 2 amide bonds. The monoisotopic (exact) mass is 645 g/mol. The molecular weight excluding hydrogens is 606 g/mol. The van der Waals surface area contributed by atoms with E-state index in [-0.39, 0.29) is 23.8 Å². The van der Waals surface area contributed by atoms with E-state index in [1.165, 1.54) is 4.90 Å². The fourth-order valence-electron chi connectivity index (χ4n) is 4.92. The minimum absolute atomic E-state index is 0.0730. The van der Waals surface area contributed by atoms with Crippen LogP contribution >= 0.6 is 11.6 Å². The van der Waals surface area contributed by atoms with Gasteiger partial charge in [-0.05, 0) is 67.8 Å². The second-order valence-corrected chi connectivity index (χ2v) is 13.5. The third kappa shape index (κ3) is 9.19. The molecule has 1 atom stereocenters. The lowest BCUT2D eigenvalue weighted by Crippen LogP contribution is -2.53. The summed E-state index contributed by atoms with van der Waals surface area (Å²) in [5, 5.41) is 3.55. The normalized spacial score (nSPS) is 11.9. The van der Waals surface area contributed by atoms with Gasteiger partial charge < -0.3 is 10.2 Å². The number of nitrogens with one attached hydrogen (secondary N) is 1. The van der Waals surface area contributed by atoms with Crippen molar-refractivity contribution in [1.82, 2.24) is 10.2 Å². The summed E-state index contributed by atoms with van der Waals surface area (Å²) < 4.78 is 29.4. The summed E-state index contributed by atoms with van der Waals surface area (Å²) in [6.45, 7) is 5.89. The van der Waals surface area contributed by atoms with E-state index in [4.69, 9.17) is 11.6 Å². The van der Waals surface area contributed by atoms with Crippen LogP contribution in [0.15, 0.2) is 108 Å². The minimum atomic E-state index is -4.15. The summed E-state index contributed by atoms with van der Waals surface area (Å²) in [6.07, 6.45) is 1.96. The highest BCUT2D eigenvalue weighted by Crippen LogP contribution is 2.26. The zero-order chi connectivity index (χ0) is 32.4. The summed E-state index contributed by atoms with van der Waals surface area (Å²) >= 11 is 6.15. The molecule has 0 bridgehead atoms. The first-order valence-corrected chi connectivity index (χ1v) is 16.9. The van der Waals surface area contributed by atoms with Gasteiger partial charge in [0.2, 0.25) is 11.8 Å². The van der Waals surface area contributed by atoms with Crippen LogP contribution in [0.1, 0.15) is 42.0 Å². The van der Waals surface area contributed by atoms with Crippen molar-refractivity contribution in [2.45, 2.75) is 57.5 Å². The second kappa shape index (κ2) is 15.7. The molecule has 45 heavy (non-hydrogen) atoms. The lowest BCUT2D eigenvalue weighted by Gasteiger charge is -2.34. The number of carbonyl (C=O) groups excluding carboxylic acids is 2. The molecule has 1 N–H and O–H groups in total. The van der Waals surface area contributed by atoms with Crippen molar-refractivity contribution in [2.24, 2.45) is 0 Å². The highest BCUT2D eigenvalue weighted by atomic mass is 35.5. The lowest BCUT2D eigenvalue weighted by molar-refractivity contribution is -0.140. The zero-order valence-electron chi connectivity index (χ0n) is 25.9. The molecule has 7 nitrogen and oxygen atoms in total.